The minimum Gasteiger partial charge on any atom is -0.374 e. The lowest BCUT2D eigenvalue weighted by Crippen LogP contribution is -2.42. The summed E-state index contributed by atoms with van der Waals surface area (Å²) in [6.45, 7) is 14.1. The molecule has 0 heterocycles. The van der Waals surface area contributed by atoms with E-state index in [9.17, 15) is 4.57 Å². The van der Waals surface area contributed by atoms with Crippen LogP contribution in [-0.4, -0.2) is 41.8 Å². The van der Waals surface area contributed by atoms with Gasteiger partial charge in [-0.25, -0.2) is 0 Å². The van der Waals surface area contributed by atoms with Crippen molar-refractivity contribution in [1.82, 2.24) is 0 Å². The lowest BCUT2D eigenvalue weighted by atomic mass is 10.9. The van der Waals surface area contributed by atoms with Crippen molar-refractivity contribution >= 4 is 17.1 Å². The van der Waals surface area contributed by atoms with Crippen LogP contribution in [0, 0.1) is 0 Å². The van der Waals surface area contributed by atoms with Crippen LogP contribution in [0.1, 0.15) is 34.6 Å². The lowest BCUT2D eigenvalue weighted by molar-refractivity contribution is 0.0783. The van der Waals surface area contributed by atoms with Crippen LogP contribution in [0.25, 0.3) is 0 Å². The first-order chi connectivity index (χ1) is 8.99. The third kappa shape index (κ3) is 14.3. The summed E-state index contributed by atoms with van der Waals surface area (Å²) >= 11 is 0. The molecule has 0 rings (SSSR count). The molecule has 0 radical (unpaired) electrons. The van der Waals surface area contributed by atoms with Gasteiger partial charge in [0.05, 0.1) is 0 Å². The Bertz CT molecular complexity index is 192. The van der Waals surface area contributed by atoms with E-state index < -0.39 is 17.1 Å². The van der Waals surface area contributed by atoms with Gasteiger partial charge in [0.2, 0.25) is 0 Å². The molecule has 6 nitrogen and oxygen atoms in total. The summed E-state index contributed by atoms with van der Waals surface area (Å²) in [5.41, 5.74) is 0. The molecule has 0 amide bonds. The van der Waals surface area contributed by atoms with Crippen molar-refractivity contribution in [1.29, 1.82) is 0 Å². The van der Waals surface area contributed by atoms with E-state index in [2.05, 4.69) is 9.05 Å². The third-order valence-electron chi connectivity index (χ3n) is 1.69. The standard InChI is InChI=1S/C7H18O3Si.C4H10O3P/c1-5-8-11(4,9-6-2)10-7-3;1-3-6-8(5)7-4-2/h5-7H2,1-4H3;3-4H2,1-2H3/q;+1. The molecular weight excluding hydrogens is 287 g/mol. The van der Waals surface area contributed by atoms with Gasteiger partial charge in [-0.3, -0.25) is 0 Å². The van der Waals surface area contributed by atoms with Crippen molar-refractivity contribution in [3.63, 3.8) is 0 Å². The quantitative estimate of drug-likeness (QED) is 0.455. The van der Waals surface area contributed by atoms with E-state index in [-0.39, 0.29) is 0 Å². The van der Waals surface area contributed by atoms with Crippen molar-refractivity contribution in [3.8, 4) is 0 Å². The zero-order chi connectivity index (χ0) is 15.1. The second kappa shape index (κ2) is 14.5. The average Bonchev–Trinajstić information content (AvgIpc) is 2.31. The van der Waals surface area contributed by atoms with Crippen LogP contribution < -0.4 is 0 Å². The summed E-state index contributed by atoms with van der Waals surface area (Å²) in [7, 11) is -4.08. The molecule has 0 unspecified atom stereocenters. The number of hydrogen-bond donors (Lipinski definition) is 0. The molecule has 0 spiro atoms. The molecule has 8 heteroatoms. The van der Waals surface area contributed by atoms with Crippen molar-refractivity contribution < 1.29 is 26.9 Å². The van der Waals surface area contributed by atoms with Crippen molar-refractivity contribution in [2.45, 2.75) is 41.2 Å². The van der Waals surface area contributed by atoms with E-state index in [1.54, 1.807) is 13.8 Å². The number of hydrogen-bond acceptors (Lipinski definition) is 6. The first-order valence-corrected chi connectivity index (χ1v) is 9.96. The van der Waals surface area contributed by atoms with Gasteiger partial charge in [0, 0.05) is 30.9 Å². The van der Waals surface area contributed by atoms with Crippen molar-refractivity contribution in [2.24, 2.45) is 0 Å². The van der Waals surface area contributed by atoms with Gasteiger partial charge in [-0.1, -0.05) is 0 Å². The summed E-state index contributed by atoms with van der Waals surface area (Å²) in [4.78, 5) is 0. The molecule has 0 aliphatic carbocycles. The Kier molecular flexibility index (Phi) is 16.4. The molecule has 0 N–H and O–H groups in total. The molecular formula is C11H28O6PSi+. The van der Waals surface area contributed by atoms with E-state index in [1.165, 1.54) is 0 Å². The van der Waals surface area contributed by atoms with E-state index >= 15 is 0 Å². The van der Waals surface area contributed by atoms with Crippen LogP contribution in [-0.2, 0) is 26.9 Å². The maximum atomic E-state index is 10.3. The fourth-order valence-electron chi connectivity index (χ4n) is 1.16. The minimum atomic E-state index is -2.25. The molecule has 0 aromatic rings. The summed E-state index contributed by atoms with van der Waals surface area (Å²) in [6, 6.07) is 0. The first-order valence-electron chi connectivity index (χ1n) is 6.64. The molecule has 19 heavy (non-hydrogen) atoms. The SMILES string of the molecule is CCO[P+](=O)OCC.CCO[Si](C)(OCC)OCC. The molecule has 0 aliphatic heterocycles. The molecule has 0 atom stereocenters. The van der Waals surface area contributed by atoms with Crippen molar-refractivity contribution in [2.75, 3.05) is 33.0 Å². The summed E-state index contributed by atoms with van der Waals surface area (Å²) < 4.78 is 35.7. The van der Waals surface area contributed by atoms with Gasteiger partial charge in [0.1, 0.15) is 13.2 Å². The van der Waals surface area contributed by atoms with Crippen LogP contribution in [0.4, 0.5) is 0 Å². The highest BCUT2D eigenvalue weighted by Gasteiger charge is 2.32. The summed E-state index contributed by atoms with van der Waals surface area (Å²) in [5.74, 6) is 0. The van der Waals surface area contributed by atoms with Gasteiger partial charge in [-0.05, 0) is 34.6 Å². The molecule has 116 valence electrons. The van der Waals surface area contributed by atoms with Crippen molar-refractivity contribution in [3.05, 3.63) is 0 Å². The summed E-state index contributed by atoms with van der Waals surface area (Å²) in [6.07, 6.45) is 0. The van der Waals surface area contributed by atoms with Gasteiger partial charge in [0.25, 0.3) is 0 Å². The van der Waals surface area contributed by atoms with Crippen LogP contribution in [0.3, 0.4) is 0 Å². The maximum Gasteiger partial charge on any atom is 0.697 e. The largest absolute Gasteiger partial charge is 0.697 e. The molecule has 0 saturated carbocycles. The van der Waals surface area contributed by atoms with Crippen LogP contribution in [0.5, 0.6) is 0 Å². The molecule has 0 aromatic carbocycles. The second-order valence-electron chi connectivity index (χ2n) is 3.22. The molecule has 0 bridgehead atoms. The van der Waals surface area contributed by atoms with Crippen LogP contribution in [0.15, 0.2) is 0 Å². The Morgan fingerprint density at radius 2 is 1.05 bits per heavy atom. The third-order valence-corrected chi connectivity index (χ3v) is 5.07. The Morgan fingerprint density at radius 1 is 0.737 bits per heavy atom. The molecule has 0 saturated heterocycles. The normalized spacial score (nSPS) is 10.8. The van der Waals surface area contributed by atoms with Gasteiger partial charge in [-0.15, -0.1) is 9.05 Å². The predicted octanol–water partition coefficient (Wildman–Crippen LogP) is 3.38. The molecule has 0 fully saturated rings. The van der Waals surface area contributed by atoms with Crippen LogP contribution in [0.2, 0.25) is 6.55 Å². The molecule has 0 aromatic heterocycles. The Balaban J connectivity index is 0. The Labute approximate surface area is 119 Å². The highest BCUT2D eigenvalue weighted by molar-refractivity contribution is 7.33. The number of rotatable bonds is 10. The predicted molar refractivity (Wildman–Crippen MR) is 77.4 cm³/mol. The average molecular weight is 315 g/mol. The zero-order valence-corrected chi connectivity index (χ0v) is 14.8. The van der Waals surface area contributed by atoms with Gasteiger partial charge in [0.15, 0.2) is 0 Å². The fourth-order valence-corrected chi connectivity index (χ4v) is 3.48. The van der Waals surface area contributed by atoms with Gasteiger partial charge >= 0.3 is 17.1 Å². The highest BCUT2D eigenvalue weighted by atomic mass is 31.1. The van der Waals surface area contributed by atoms with Crippen LogP contribution >= 0.6 is 8.25 Å². The van der Waals surface area contributed by atoms with E-state index in [0.29, 0.717) is 33.0 Å². The first kappa shape index (κ1) is 21.4. The van der Waals surface area contributed by atoms with E-state index in [1.807, 2.05) is 27.3 Å². The van der Waals surface area contributed by atoms with Gasteiger partial charge < -0.3 is 13.3 Å². The summed E-state index contributed by atoms with van der Waals surface area (Å²) in [5, 5.41) is 0. The lowest BCUT2D eigenvalue weighted by Gasteiger charge is -2.23. The highest BCUT2D eigenvalue weighted by Crippen LogP contribution is 2.21. The smallest absolute Gasteiger partial charge is 0.374 e. The monoisotopic (exact) mass is 315 g/mol. The van der Waals surface area contributed by atoms with E-state index in [4.69, 9.17) is 13.3 Å². The molecule has 0 aliphatic rings. The van der Waals surface area contributed by atoms with Gasteiger partial charge in [-0.2, -0.15) is 0 Å². The maximum absolute atomic E-state index is 10.3. The Hall–Kier alpha value is 0.117. The minimum absolute atomic E-state index is 0.440. The Morgan fingerprint density at radius 3 is 1.26 bits per heavy atom. The van der Waals surface area contributed by atoms with E-state index in [0.717, 1.165) is 0 Å². The topological polar surface area (TPSA) is 63.2 Å². The second-order valence-corrected chi connectivity index (χ2v) is 6.77. The fraction of sp³-hybridized carbons (Fsp3) is 1.00. The zero-order valence-electron chi connectivity index (χ0n) is 12.9.